The van der Waals surface area contributed by atoms with Crippen molar-refractivity contribution in [2.45, 2.75) is 72.8 Å². The Balaban J connectivity index is 2.22. The molecule has 1 fully saturated rings. The van der Waals surface area contributed by atoms with Crippen LogP contribution in [0.5, 0.6) is 0 Å². The lowest BCUT2D eigenvalue weighted by molar-refractivity contribution is 0.111. The summed E-state index contributed by atoms with van der Waals surface area (Å²) in [5.74, 6) is 0. The molecule has 0 aliphatic carbocycles. The van der Waals surface area contributed by atoms with E-state index >= 15 is 0 Å². The third-order valence-corrected chi connectivity index (χ3v) is 4.61. The number of likely N-dealkylation sites (tertiary alicyclic amines) is 1. The second kappa shape index (κ2) is 6.38. The molecule has 2 N–H and O–H groups in total. The van der Waals surface area contributed by atoms with Crippen LogP contribution in [0.25, 0.3) is 0 Å². The van der Waals surface area contributed by atoms with Crippen LogP contribution >= 0.6 is 0 Å². The molecule has 1 heterocycles. The smallest absolute Gasteiger partial charge is 0.00559 e. The molecule has 0 radical (unpaired) electrons. The first-order valence-corrected chi connectivity index (χ1v) is 7.72. The molecule has 1 aliphatic rings. The third-order valence-electron chi connectivity index (χ3n) is 4.61. The molecule has 18 heavy (non-hydrogen) atoms. The predicted molar refractivity (Wildman–Crippen MR) is 80.7 cm³/mol. The minimum absolute atomic E-state index is 0.363. The quantitative estimate of drug-likeness (QED) is 0.811. The second-order valence-corrected chi connectivity index (χ2v) is 7.82. The summed E-state index contributed by atoms with van der Waals surface area (Å²) in [4.78, 5) is 2.61. The van der Waals surface area contributed by atoms with Crippen molar-refractivity contribution in [3.63, 3.8) is 0 Å². The van der Waals surface area contributed by atoms with Gasteiger partial charge in [0.05, 0.1) is 0 Å². The van der Waals surface area contributed by atoms with Crippen molar-refractivity contribution in [2.75, 3.05) is 19.6 Å². The van der Waals surface area contributed by atoms with Crippen LogP contribution < -0.4 is 5.73 Å². The Morgan fingerprint density at radius 1 is 1.22 bits per heavy atom. The summed E-state index contributed by atoms with van der Waals surface area (Å²) in [5.41, 5.74) is 7.19. The second-order valence-electron chi connectivity index (χ2n) is 7.82. The maximum atomic E-state index is 6.23. The third kappa shape index (κ3) is 5.71. The van der Waals surface area contributed by atoms with Gasteiger partial charge in [0.25, 0.3) is 0 Å². The van der Waals surface area contributed by atoms with Gasteiger partial charge in [-0.2, -0.15) is 0 Å². The molecule has 1 unspecified atom stereocenters. The van der Waals surface area contributed by atoms with Crippen molar-refractivity contribution in [2.24, 2.45) is 16.6 Å². The van der Waals surface area contributed by atoms with E-state index in [4.69, 9.17) is 5.73 Å². The molecule has 1 aliphatic heterocycles. The summed E-state index contributed by atoms with van der Waals surface area (Å²) >= 11 is 0. The van der Waals surface area contributed by atoms with E-state index in [1.807, 2.05) is 0 Å². The fraction of sp³-hybridized carbons (Fsp3) is 1.00. The molecule has 0 spiro atoms. The minimum Gasteiger partial charge on any atom is -0.328 e. The molecule has 0 bridgehead atoms. The van der Waals surface area contributed by atoms with Crippen LogP contribution in [-0.4, -0.2) is 30.6 Å². The van der Waals surface area contributed by atoms with Crippen LogP contribution in [-0.2, 0) is 0 Å². The van der Waals surface area contributed by atoms with Crippen LogP contribution in [0.4, 0.5) is 0 Å². The van der Waals surface area contributed by atoms with Gasteiger partial charge in [-0.3, -0.25) is 0 Å². The van der Waals surface area contributed by atoms with Crippen molar-refractivity contribution in [3.8, 4) is 0 Å². The normalized spacial score (nSPS) is 23.0. The Morgan fingerprint density at radius 3 is 2.22 bits per heavy atom. The zero-order chi connectivity index (χ0) is 13.8. The van der Waals surface area contributed by atoms with E-state index in [0.717, 1.165) is 12.8 Å². The maximum absolute atomic E-state index is 6.23. The standard InChI is InChI=1S/C16H34N2/c1-6-16(5)8-11-18(12-9-16)10-7-14(17)13-15(2,3)4/h14H,6-13,17H2,1-5H3. The van der Waals surface area contributed by atoms with Crippen LogP contribution in [0.2, 0.25) is 0 Å². The van der Waals surface area contributed by atoms with Crippen molar-refractivity contribution in [1.29, 1.82) is 0 Å². The summed E-state index contributed by atoms with van der Waals surface area (Å²) in [6, 6.07) is 0.365. The zero-order valence-electron chi connectivity index (χ0n) is 13.3. The van der Waals surface area contributed by atoms with Crippen molar-refractivity contribution < 1.29 is 0 Å². The lowest BCUT2D eigenvalue weighted by atomic mass is 9.78. The summed E-state index contributed by atoms with van der Waals surface area (Å²) in [7, 11) is 0. The van der Waals surface area contributed by atoms with E-state index in [-0.39, 0.29) is 0 Å². The van der Waals surface area contributed by atoms with E-state index < -0.39 is 0 Å². The summed E-state index contributed by atoms with van der Waals surface area (Å²) in [6.45, 7) is 15.3. The number of hydrogen-bond donors (Lipinski definition) is 1. The highest BCUT2D eigenvalue weighted by Crippen LogP contribution is 2.34. The molecule has 0 aromatic rings. The Bertz CT molecular complexity index is 234. The molecule has 1 atom stereocenters. The zero-order valence-corrected chi connectivity index (χ0v) is 13.3. The number of nitrogens with zero attached hydrogens (tertiary/aromatic N) is 1. The van der Waals surface area contributed by atoms with Gasteiger partial charge >= 0.3 is 0 Å². The predicted octanol–water partition coefficient (Wildman–Crippen LogP) is 3.65. The van der Waals surface area contributed by atoms with Crippen LogP contribution in [0.1, 0.15) is 66.7 Å². The van der Waals surface area contributed by atoms with Gasteiger partial charge in [0.15, 0.2) is 0 Å². The fourth-order valence-electron chi connectivity index (χ4n) is 2.91. The van der Waals surface area contributed by atoms with E-state index in [2.05, 4.69) is 39.5 Å². The molecule has 2 heteroatoms. The van der Waals surface area contributed by atoms with Gasteiger partial charge in [0.2, 0.25) is 0 Å². The average molecular weight is 254 g/mol. The summed E-state index contributed by atoms with van der Waals surface area (Å²) in [6.07, 6.45) is 6.33. The number of nitrogens with two attached hydrogens (primary N) is 1. The summed E-state index contributed by atoms with van der Waals surface area (Å²) in [5, 5.41) is 0. The van der Waals surface area contributed by atoms with Crippen LogP contribution in [0.15, 0.2) is 0 Å². The lowest BCUT2D eigenvalue weighted by Gasteiger charge is -2.39. The maximum Gasteiger partial charge on any atom is 0.00559 e. The van der Waals surface area contributed by atoms with Crippen LogP contribution in [0, 0.1) is 10.8 Å². The molecule has 0 aromatic carbocycles. The molecule has 108 valence electrons. The first-order valence-electron chi connectivity index (χ1n) is 7.72. The largest absolute Gasteiger partial charge is 0.328 e. The van der Waals surface area contributed by atoms with Crippen molar-refractivity contribution in [1.82, 2.24) is 4.90 Å². The molecule has 1 saturated heterocycles. The molecular formula is C16H34N2. The van der Waals surface area contributed by atoms with Gasteiger partial charge in [-0.15, -0.1) is 0 Å². The van der Waals surface area contributed by atoms with E-state index in [1.54, 1.807) is 0 Å². The fourth-order valence-corrected chi connectivity index (χ4v) is 2.91. The first kappa shape index (κ1) is 16.0. The number of piperidine rings is 1. The topological polar surface area (TPSA) is 29.3 Å². The van der Waals surface area contributed by atoms with Gasteiger partial charge in [0, 0.05) is 6.04 Å². The van der Waals surface area contributed by atoms with E-state index in [1.165, 1.54) is 38.9 Å². The van der Waals surface area contributed by atoms with Gasteiger partial charge in [-0.1, -0.05) is 41.0 Å². The number of rotatable bonds is 5. The molecule has 0 aromatic heterocycles. The van der Waals surface area contributed by atoms with Crippen molar-refractivity contribution in [3.05, 3.63) is 0 Å². The SMILES string of the molecule is CCC1(C)CCN(CCC(N)CC(C)(C)C)CC1. The molecule has 1 rings (SSSR count). The first-order chi connectivity index (χ1) is 8.24. The van der Waals surface area contributed by atoms with Gasteiger partial charge in [0.1, 0.15) is 0 Å². The average Bonchev–Trinajstić information content (AvgIpc) is 2.26. The highest BCUT2D eigenvalue weighted by Gasteiger charge is 2.28. The van der Waals surface area contributed by atoms with E-state index in [0.29, 0.717) is 16.9 Å². The Morgan fingerprint density at radius 2 is 1.78 bits per heavy atom. The molecular weight excluding hydrogens is 220 g/mol. The van der Waals surface area contributed by atoms with Crippen LogP contribution in [0.3, 0.4) is 0 Å². The van der Waals surface area contributed by atoms with Crippen molar-refractivity contribution >= 4 is 0 Å². The highest BCUT2D eigenvalue weighted by molar-refractivity contribution is 4.82. The lowest BCUT2D eigenvalue weighted by Crippen LogP contribution is -2.40. The molecule has 0 saturated carbocycles. The van der Waals surface area contributed by atoms with Gasteiger partial charge in [-0.25, -0.2) is 0 Å². The monoisotopic (exact) mass is 254 g/mol. The van der Waals surface area contributed by atoms with Gasteiger partial charge in [-0.05, 0) is 56.1 Å². The Labute approximate surface area is 114 Å². The number of hydrogen-bond acceptors (Lipinski definition) is 2. The molecule has 0 amide bonds. The minimum atomic E-state index is 0.363. The van der Waals surface area contributed by atoms with E-state index in [9.17, 15) is 0 Å². The summed E-state index contributed by atoms with van der Waals surface area (Å²) < 4.78 is 0. The molecule has 2 nitrogen and oxygen atoms in total. The Kier molecular flexibility index (Phi) is 5.67. The van der Waals surface area contributed by atoms with Gasteiger partial charge < -0.3 is 10.6 Å². The highest BCUT2D eigenvalue weighted by atomic mass is 15.1. The Hall–Kier alpha value is -0.0800.